The lowest BCUT2D eigenvalue weighted by molar-refractivity contribution is 0.198. The highest BCUT2D eigenvalue weighted by Gasteiger charge is 2.10. The van der Waals surface area contributed by atoms with Gasteiger partial charge in [0.2, 0.25) is 0 Å². The molecule has 3 nitrogen and oxygen atoms in total. The highest BCUT2D eigenvalue weighted by molar-refractivity contribution is 5.43. The molecule has 2 aromatic carbocycles. The van der Waals surface area contributed by atoms with E-state index in [9.17, 15) is 9.50 Å². The SMILES string of the molecule is COc1cc([C@H](C)O)ccc1OCc1cc(F)ccc1C. The summed E-state index contributed by atoms with van der Waals surface area (Å²) in [5.41, 5.74) is 2.51. The van der Waals surface area contributed by atoms with E-state index in [0.717, 1.165) is 16.7 Å². The Labute approximate surface area is 124 Å². The van der Waals surface area contributed by atoms with Gasteiger partial charge in [0.25, 0.3) is 0 Å². The lowest BCUT2D eigenvalue weighted by atomic mass is 10.1. The van der Waals surface area contributed by atoms with Gasteiger partial charge >= 0.3 is 0 Å². The normalized spacial score (nSPS) is 12.0. The van der Waals surface area contributed by atoms with Crippen molar-refractivity contribution in [3.8, 4) is 11.5 Å². The number of hydrogen-bond donors (Lipinski definition) is 1. The molecule has 0 aromatic heterocycles. The van der Waals surface area contributed by atoms with Gasteiger partial charge in [0.05, 0.1) is 13.2 Å². The minimum absolute atomic E-state index is 0.258. The number of methoxy groups -OCH3 is 1. The zero-order chi connectivity index (χ0) is 15.4. The van der Waals surface area contributed by atoms with Crippen molar-refractivity contribution in [1.82, 2.24) is 0 Å². The van der Waals surface area contributed by atoms with E-state index in [1.165, 1.54) is 12.1 Å². The molecule has 0 spiro atoms. The molecule has 0 saturated carbocycles. The summed E-state index contributed by atoms with van der Waals surface area (Å²) < 4.78 is 24.2. The predicted molar refractivity (Wildman–Crippen MR) is 79.1 cm³/mol. The van der Waals surface area contributed by atoms with Crippen LogP contribution in [0.15, 0.2) is 36.4 Å². The summed E-state index contributed by atoms with van der Waals surface area (Å²) in [4.78, 5) is 0. The first kappa shape index (κ1) is 15.3. The van der Waals surface area contributed by atoms with Gasteiger partial charge in [-0.25, -0.2) is 4.39 Å². The van der Waals surface area contributed by atoms with Crippen molar-refractivity contribution in [2.24, 2.45) is 0 Å². The van der Waals surface area contributed by atoms with Crippen LogP contribution in [0.4, 0.5) is 4.39 Å². The Morgan fingerprint density at radius 2 is 1.90 bits per heavy atom. The molecule has 21 heavy (non-hydrogen) atoms. The molecule has 2 rings (SSSR count). The predicted octanol–water partition coefficient (Wildman–Crippen LogP) is 3.78. The molecule has 112 valence electrons. The third kappa shape index (κ3) is 3.73. The standard InChI is InChI=1S/C17H19FO3/c1-11-4-6-15(18)8-14(11)10-21-16-7-5-13(12(2)19)9-17(16)20-3/h4-9,12,19H,10H2,1-3H3/t12-/m0/s1. The maximum atomic E-state index is 13.3. The number of aliphatic hydroxyl groups is 1. The van der Waals surface area contributed by atoms with Gasteiger partial charge in [-0.15, -0.1) is 0 Å². The number of rotatable bonds is 5. The van der Waals surface area contributed by atoms with Crippen LogP contribution in [0.3, 0.4) is 0 Å². The number of halogens is 1. The molecule has 0 amide bonds. The maximum Gasteiger partial charge on any atom is 0.161 e. The van der Waals surface area contributed by atoms with Crippen molar-refractivity contribution in [2.75, 3.05) is 7.11 Å². The molecule has 0 aliphatic heterocycles. The van der Waals surface area contributed by atoms with Crippen LogP contribution >= 0.6 is 0 Å². The number of benzene rings is 2. The van der Waals surface area contributed by atoms with Crippen LogP contribution in [0.5, 0.6) is 11.5 Å². The third-order valence-corrected chi connectivity index (χ3v) is 3.36. The van der Waals surface area contributed by atoms with Crippen molar-refractivity contribution in [1.29, 1.82) is 0 Å². The molecule has 2 aromatic rings. The van der Waals surface area contributed by atoms with Crippen LogP contribution in [0.25, 0.3) is 0 Å². The van der Waals surface area contributed by atoms with Crippen molar-refractivity contribution in [3.05, 3.63) is 58.9 Å². The second-order valence-electron chi connectivity index (χ2n) is 4.95. The molecule has 0 unspecified atom stereocenters. The van der Waals surface area contributed by atoms with E-state index in [0.29, 0.717) is 11.5 Å². The van der Waals surface area contributed by atoms with E-state index in [2.05, 4.69) is 0 Å². The van der Waals surface area contributed by atoms with Gasteiger partial charge in [0.15, 0.2) is 11.5 Å². The average molecular weight is 290 g/mol. The van der Waals surface area contributed by atoms with E-state index in [-0.39, 0.29) is 12.4 Å². The fourth-order valence-corrected chi connectivity index (χ4v) is 2.01. The molecular weight excluding hydrogens is 271 g/mol. The number of aryl methyl sites for hydroxylation is 1. The lowest BCUT2D eigenvalue weighted by Crippen LogP contribution is -2.01. The molecule has 0 heterocycles. The first-order valence-electron chi connectivity index (χ1n) is 6.75. The third-order valence-electron chi connectivity index (χ3n) is 3.36. The summed E-state index contributed by atoms with van der Waals surface area (Å²) >= 11 is 0. The Kier molecular flexibility index (Phi) is 4.81. The molecule has 4 heteroatoms. The van der Waals surface area contributed by atoms with Gasteiger partial charge in [0.1, 0.15) is 12.4 Å². The Morgan fingerprint density at radius 1 is 1.14 bits per heavy atom. The molecule has 1 N–H and O–H groups in total. The zero-order valence-corrected chi connectivity index (χ0v) is 12.4. The minimum atomic E-state index is -0.571. The summed E-state index contributed by atoms with van der Waals surface area (Å²) in [5, 5.41) is 9.57. The van der Waals surface area contributed by atoms with Crippen LogP contribution < -0.4 is 9.47 Å². The van der Waals surface area contributed by atoms with Gasteiger partial charge < -0.3 is 14.6 Å². The minimum Gasteiger partial charge on any atom is -0.493 e. The van der Waals surface area contributed by atoms with E-state index in [4.69, 9.17) is 9.47 Å². The van der Waals surface area contributed by atoms with E-state index >= 15 is 0 Å². The summed E-state index contributed by atoms with van der Waals surface area (Å²) in [7, 11) is 1.54. The molecule has 0 radical (unpaired) electrons. The zero-order valence-electron chi connectivity index (χ0n) is 12.4. The van der Waals surface area contributed by atoms with E-state index in [1.807, 2.05) is 6.92 Å². The second-order valence-corrected chi connectivity index (χ2v) is 4.95. The highest BCUT2D eigenvalue weighted by Crippen LogP contribution is 2.31. The Bertz CT molecular complexity index is 623. The number of aliphatic hydroxyl groups excluding tert-OH is 1. The van der Waals surface area contributed by atoms with Crippen molar-refractivity contribution < 1.29 is 19.0 Å². The number of hydrogen-bond acceptors (Lipinski definition) is 3. The van der Waals surface area contributed by atoms with Gasteiger partial charge in [-0.2, -0.15) is 0 Å². The first-order chi connectivity index (χ1) is 10.0. The van der Waals surface area contributed by atoms with Crippen LogP contribution in [-0.2, 0) is 6.61 Å². The fraction of sp³-hybridized carbons (Fsp3) is 0.294. The Morgan fingerprint density at radius 3 is 2.57 bits per heavy atom. The summed E-state index contributed by atoms with van der Waals surface area (Å²) in [6.45, 7) is 3.85. The highest BCUT2D eigenvalue weighted by atomic mass is 19.1. The Balaban J connectivity index is 2.18. The van der Waals surface area contributed by atoms with Gasteiger partial charge in [0, 0.05) is 0 Å². The number of ether oxygens (including phenoxy) is 2. The first-order valence-corrected chi connectivity index (χ1v) is 6.75. The smallest absolute Gasteiger partial charge is 0.161 e. The fourth-order valence-electron chi connectivity index (χ4n) is 2.01. The topological polar surface area (TPSA) is 38.7 Å². The Hall–Kier alpha value is -2.07. The van der Waals surface area contributed by atoms with Crippen LogP contribution in [0.2, 0.25) is 0 Å². The van der Waals surface area contributed by atoms with Gasteiger partial charge in [-0.3, -0.25) is 0 Å². The van der Waals surface area contributed by atoms with Crippen LogP contribution in [0, 0.1) is 12.7 Å². The van der Waals surface area contributed by atoms with Crippen molar-refractivity contribution in [3.63, 3.8) is 0 Å². The summed E-state index contributed by atoms with van der Waals surface area (Å²) in [6.07, 6.45) is -0.571. The molecular formula is C17H19FO3. The second kappa shape index (κ2) is 6.59. The van der Waals surface area contributed by atoms with E-state index < -0.39 is 6.10 Å². The molecule has 0 bridgehead atoms. The van der Waals surface area contributed by atoms with Crippen molar-refractivity contribution >= 4 is 0 Å². The quantitative estimate of drug-likeness (QED) is 0.911. The molecule has 0 aliphatic carbocycles. The van der Waals surface area contributed by atoms with Gasteiger partial charge in [-0.05, 0) is 54.8 Å². The molecule has 0 fully saturated rings. The monoisotopic (exact) mass is 290 g/mol. The average Bonchev–Trinajstić information content (AvgIpc) is 2.47. The maximum absolute atomic E-state index is 13.3. The van der Waals surface area contributed by atoms with Crippen LogP contribution in [0.1, 0.15) is 29.7 Å². The molecule has 0 aliphatic rings. The van der Waals surface area contributed by atoms with Gasteiger partial charge in [-0.1, -0.05) is 12.1 Å². The summed E-state index contributed by atoms with van der Waals surface area (Å²) in [6, 6.07) is 9.87. The largest absolute Gasteiger partial charge is 0.493 e. The molecule has 0 saturated heterocycles. The summed E-state index contributed by atoms with van der Waals surface area (Å²) in [5.74, 6) is 0.823. The van der Waals surface area contributed by atoms with Crippen LogP contribution in [-0.4, -0.2) is 12.2 Å². The van der Waals surface area contributed by atoms with Crippen molar-refractivity contribution in [2.45, 2.75) is 26.6 Å². The lowest BCUT2D eigenvalue weighted by Gasteiger charge is -2.14. The van der Waals surface area contributed by atoms with E-state index in [1.54, 1.807) is 38.3 Å². The molecule has 1 atom stereocenters.